The third kappa shape index (κ3) is 4.29. The molecule has 0 radical (unpaired) electrons. The summed E-state index contributed by atoms with van der Waals surface area (Å²) < 4.78 is 5.53. The summed E-state index contributed by atoms with van der Waals surface area (Å²) in [6.45, 7) is 4.30. The highest BCUT2D eigenvalue weighted by molar-refractivity contribution is 5.85. The molecule has 1 unspecified atom stereocenters. The summed E-state index contributed by atoms with van der Waals surface area (Å²) in [6, 6.07) is 15.7. The van der Waals surface area contributed by atoms with E-state index in [9.17, 15) is 0 Å². The highest BCUT2D eigenvalue weighted by Crippen LogP contribution is 2.22. The molecule has 2 nitrogen and oxygen atoms in total. The second-order valence-corrected chi connectivity index (χ2v) is 6.33. The fourth-order valence-electron chi connectivity index (χ4n) is 2.71. The molecule has 0 bridgehead atoms. The normalized spacial score (nSPS) is 13.5. The molecule has 0 spiro atoms. The summed E-state index contributed by atoms with van der Waals surface area (Å²) >= 11 is 0. The first-order chi connectivity index (χ1) is 10.1. The Morgan fingerprint density at radius 2 is 1.81 bits per heavy atom. The average molecular weight is 285 g/mol. The van der Waals surface area contributed by atoms with Gasteiger partial charge in [-0.2, -0.15) is 0 Å². The Hall–Kier alpha value is -1.38. The molecule has 0 fully saturated rings. The van der Waals surface area contributed by atoms with Crippen molar-refractivity contribution in [1.82, 2.24) is 5.32 Å². The number of benzene rings is 2. The van der Waals surface area contributed by atoms with Crippen LogP contribution >= 0.6 is 0 Å². The van der Waals surface area contributed by atoms with Gasteiger partial charge in [-0.25, -0.2) is 0 Å². The minimum absolute atomic E-state index is 0.0478. The van der Waals surface area contributed by atoms with Crippen LogP contribution in [-0.4, -0.2) is 25.8 Å². The summed E-state index contributed by atoms with van der Waals surface area (Å²) in [7, 11) is 3.84. The van der Waals surface area contributed by atoms with E-state index in [2.05, 4.69) is 68.7 Å². The van der Waals surface area contributed by atoms with Crippen LogP contribution in [0, 0.1) is 0 Å². The van der Waals surface area contributed by atoms with Gasteiger partial charge < -0.3 is 10.1 Å². The van der Waals surface area contributed by atoms with Crippen LogP contribution < -0.4 is 5.32 Å². The molecule has 1 N–H and O–H groups in total. The zero-order valence-corrected chi connectivity index (χ0v) is 13.6. The predicted molar refractivity (Wildman–Crippen MR) is 90.8 cm³/mol. The second-order valence-electron chi connectivity index (χ2n) is 6.33. The van der Waals surface area contributed by atoms with Gasteiger partial charge in [0.2, 0.25) is 0 Å². The fraction of sp³-hybridized carbons (Fsp3) is 0.474. The Labute approximate surface area is 128 Å². The van der Waals surface area contributed by atoms with E-state index < -0.39 is 0 Å². The number of hydrogen-bond donors (Lipinski definition) is 1. The van der Waals surface area contributed by atoms with Gasteiger partial charge in [0.05, 0.1) is 5.60 Å². The van der Waals surface area contributed by atoms with E-state index in [1.165, 1.54) is 16.3 Å². The largest absolute Gasteiger partial charge is 0.379 e. The second kappa shape index (κ2) is 7.06. The summed E-state index contributed by atoms with van der Waals surface area (Å²) in [5.74, 6) is 0. The lowest BCUT2D eigenvalue weighted by Crippen LogP contribution is -2.32. The first kappa shape index (κ1) is 16.0. The zero-order chi connectivity index (χ0) is 15.3. The Bertz CT molecular complexity index is 571. The molecule has 21 heavy (non-hydrogen) atoms. The van der Waals surface area contributed by atoms with Crippen molar-refractivity contribution in [1.29, 1.82) is 0 Å². The van der Waals surface area contributed by atoms with Crippen molar-refractivity contribution >= 4 is 10.8 Å². The lowest BCUT2D eigenvalue weighted by atomic mass is 9.93. The van der Waals surface area contributed by atoms with Crippen LogP contribution in [0.3, 0.4) is 0 Å². The summed E-state index contributed by atoms with van der Waals surface area (Å²) in [5.41, 5.74) is 1.37. The summed E-state index contributed by atoms with van der Waals surface area (Å²) in [5, 5.41) is 6.14. The van der Waals surface area contributed by atoms with Crippen LogP contribution in [0.1, 0.15) is 32.3 Å². The Kier molecular flexibility index (Phi) is 5.38. The third-order valence-electron chi connectivity index (χ3n) is 4.40. The van der Waals surface area contributed by atoms with Crippen LogP contribution in [0.25, 0.3) is 10.8 Å². The van der Waals surface area contributed by atoms with E-state index in [-0.39, 0.29) is 5.60 Å². The molecule has 0 saturated heterocycles. The van der Waals surface area contributed by atoms with E-state index >= 15 is 0 Å². The van der Waals surface area contributed by atoms with Crippen molar-refractivity contribution in [3.05, 3.63) is 48.0 Å². The highest BCUT2D eigenvalue weighted by Gasteiger charge is 2.19. The average Bonchev–Trinajstić information content (AvgIpc) is 2.51. The van der Waals surface area contributed by atoms with E-state index in [0.717, 1.165) is 19.3 Å². The molecule has 0 saturated carbocycles. The van der Waals surface area contributed by atoms with E-state index in [0.29, 0.717) is 6.04 Å². The number of fused-ring (bicyclic) bond motifs is 1. The van der Waals surface area contributed by atoms with Crippen LogP contribution in [0.4, 0.5) is 0 Å². The fourth-order valence-corrected chi connectivity index (χ4v) is 2.71. The van der Waals surface area contributed by atoms with Gasteiger partial charge >= 0.3 is 0 Å². The number of methoxy groups -OCH3 is 1. The molecule has 2 rings (SSSR count). The number of nitrogens with one attached hydrogen (secondary N) is 1. The molecular weight excluding hydrogens is 258 g/mol. The molecule has 2 aromatic carbocycles. The minimum atomic E-state index is -0.0478. The summed E-state index contributed by atoms with van der Waals surface area (Å²) in [4.78, 5) is 0. The molecule has 0 aromatic heterocycles. The van der Waals surface area contributed by atoms with E-state index in [4.69, 9.17) is 4.74 Å². The maximum absolute atomic E-state index is 5.53. The van der Waals surface area contributed by atoms with Crippen LogP contribution in [-0.2, 0) is 11.2 Å². The van der Waals surface area contributed by atoms with Crippen molar-refractivity contribution in [3.8, 4) is 0 Å². The SMILES string of the molecule is CNC(CCC(C)(C)OC)Cc1cccc2ccccc12. The third-order valence-corrected chi connectivity index (χ3v) is 4.40. The molecule has 0 aliphatic heterocycles. The van der Waals surface area contributed by atoms with Crippen molar-refractivity contribution in [2.24, 2.45) is 0 Å². The van der Waals surface area contributed by atoms with Gasteiger partial charge in [0, 0.05) is 13.2 Å². The standard InChI is InChI=1S/C19H27NO/c1-19(2,21-4)13-12-17(20-3)14-16-10-7-9-15-8-5-6-11-18(15)16/h5-11,17,20H,12-14H2,1-4H3. The zero-order valence-electron chi connectivity index (χ0n) is 13.6. The molecule has 2 aromatic rings. The maximum atomic E-state index is 5.53. The van der Waals surface area contributed by atoms with Crippen LogP contribution in [0.2, 0.25) is 0 Å². The van der Waals surface area contributed by atoms with Gasteiger partial charge in [-0.1, -0.05) is 42.5 Å². The minimum Gasteiger partial charge on any atom is -0.379 e. The Morgan fingerprint density at radius 1 is 1.10 bits per heavy atom. The summed E-state index contributed by atoms with van der Waals surface area (Å²) in [6.07, 6.45) is 3.22. The molecule has 0 aliphatic rings. The number of likely N-dealkylation sites (N-methyl/N-ethyl adjacent to an activating group) is 1. The van der Waals surface area contributed by atoms with Gasteiger partial charge in [-0.05, 0) is 56.5 Å². The van der Waals surface area contributed by atoms with Gasteiger partial charge in [0.1, 0.15) is 0 Å². The molecular formula is C19H27NO. The highest BCUT2D eigenvalue weighted by atomic mass is 16.5. The first-order valence-electron chi connectivity index (χ1n) is 7.75. The quantitative estimate of drug-likeness (QED) is 0.824. The molecule has 0 amide bonds. The molecule has 1 atom stereocenters. The molecule has 2 heteroatoms. The van der Waals surface area contributed by atoms with Crippen LogP contribution in [0.15, 0.2) is 42.5 Å². The topological polar surface area (TPSA) is 21.3 Å². The lowest BCUT2D eigenvalue weighted by molar-refractivity contribution is 0.0119. The van der Waals surface area contributed by atoms with Crippen molar-refractivity contribution in [2.45, 2.75) is 44.8 Å². The van der Waals surface area contributed by atoms with Crippen molar-refractivity contribution < 1.29 is 4.74 Å². The lowest BCUT2D eigenvalue weighted by Gasteiger charge is -2.26. The molecule has 0 heterocycles. The monoisotopic (exact) mass is 285 g/mol. The smallest absolute Gasteiger partial charge is 0.0623 e. The molecule has 114 valence electrons. The molecule has 0 aliphatic carbocycles. The van der Waals surface area contributed by atoms with E-state index in [1.807, 2.05) is 0 Å². The van der Waals surface area contributed by atoms with Crippen molar-refractivity contribution in [3.63, 3.8) is 0 Å². The van der Waals surface area contributed by atoms with E-state index in [1.54, 1.807) is 7.11 Å². The Balaban J connectivity index is 2.10. The predicted octanol–water partition coefficient (Wildman–Crippen LogP) is 4.18. The van der Waals surface area contributed by atoms with Gasteiger partial charge in [-0.3, -0.25) is 0 Å². The van der Waals surface area contributed by atoms with Gasteiger partial charge in [0.25, 0.3) is 0 Å². The Morgan fingerprint density at radius 3 is 2.52 bits per heavy atom. The number of ether oxygens (including phenoxy) is 1. The maximum Gasteiger partial charge on any atom is 0.0623 e. The first-order valence-corrected chi connectivity index (χ1v) is 7.75. The number of rotatable bonds is 7. The van der Waals surface area contributed by atoms with Crippen molar-refractivity contribution in [2.75, 3.05) is 14.2 Å². The van der Waals surface area contributed by atoms with Gasteiger partial charge in [0.15, 0.2) is 0 Å². The van der Waals surface area contributed by atoms with Crippen LogP contribution in [0.5, 0.6) is 0 Å². The number of hydrogen-bond acceptors (Lipinski definition) is 2. The van der Waals surface area contributed by atoms with Gasteiger partial charge in [-0.15, -0.1) is 0 Å².